The average Bonchev–Trinajstić information content (AvgIpc) is 3.52. The number of nitrogens with zero attached hydrogens (tertiary/aromatic N) is 4. The lowest BCUT2D eigenvalue weighted by Crippen LogP contribution is -2.45. The van der Waals surface area contributed by atoms with Gasteiger partial charge < -0.3 is 34.6 Å². The van der Waals surface area contributed by atoms with Crippen molar-refractivity contribution in [1.29, 1.82) is 0 Å². The molecule has 2 aliphatic heterocycles. The highest BCUT2D eigenvalue weighted by molar-refractivity contribution is 9.10. The SMILES string of the molecule is CC(C)(C)OC(=O)NC(CCn1c(SC2=COC(c3ccccc3Br)O2)nc2c(N)ncnc21)C1CCOCC1. The number of carbonyl (C=O) groups is 1. The third kappa shape index (κ3) is 6.81. The van der Waals surface area contributed by atoms with Crippen LogP contribution in [0.4, 0.5) is 10.6 Å². The van der Waals surface area contributed by atoms with Crippen LogP contribution in [0.25, 0.3) is 11.2 Å². The molecular weight excluding hydrogens is 600 g/mol. The predicted octanol–water partition coefficient (Wildman–Crippen LogP) is 5.52. The van der Waals surface area contributed by atoms with E-state index in [0.29, 0.717) is 53.4 Å². The number of nitrogens with two attached hydrogens (primary N) is 1. The Kier molecular flexibility index (Phi) is 8.71. The van der Waals surface area contributed by atoms with Crippen molar-refractivity contribution in [1.82, 2.24) is 24.8 Å². The van der Waals surface area contributed by atoms with Gasteiger partial charge in [-0.05, 0) is 63.8 Å². The normalized spacial score (nSPS) is 18.6. The summed E-state index contributed by atoms with van der Waals surface area (Å²) in [6.45, 7) is 7.42. The summed E-state index contributed by atoms with van der Waals surface area (Å²) in [5.41, 5.74) is 7.57. The first-order valence-corrected chi connectivity index (χ1v) is 14.8. The number of hydrogen-bond donors (Lipinski definition) is 2. The van der Waals surface area contributed by atoms with Gasteiger partial charge in [0.1, 0.15) is 18.2 Å². The summed E-state index contributed by atoms with van der Waals surface area (Å²) in [6.07, 6.45) is 4.35. The van der Waals surface area contributed by atoms with Crippen LogP contribution in [0.1, 0.15) is 51.9 Å². The molecule has 0 bridgehead atoms. The van der Waals surface area contributed by atoms with Crippen LogP contribution in [0.15, 0.2) is 51.6 Å². The van der Waals surface area contributed by atoms with Gasteiger partial charge in [0.2, 0.25) is 5.09 Å². The second-order valence-electron chi connectivity index (χ2n) is 10.6. The molecule has 2 unspecified atom stereocenters. The fourth-order valence-corrected chi connectivity index (χ4v) is 6.02. The fraction of sp³-hybridized carbons (Fsp3) is 0.481. The Balaban J connectivity index is 1.36. The van der Waals surface area contributed by atoms with Gasteiger partial charge in [-0.25, -0.2) is 19.7 Å². The summed E-state index contributed by atoms with van der Waals surface area (Å²) < 4.78 is 25.9. The highest BCUT2D eigenvalue weighted by atomic mass is 79.9. The summed E-state index contributed by atoms with van der Waals surface area (Å²) in [7, 11) is 0. The third-order valence-electron chi connectivity index (χ3n) is 6.59. The van der Waals surface area contributed by atoms with E-state index in [0.717, 1.165) is 22.9 Å². The van der Waals surface area contributed by atoms with Crippen molar-refractivity contribution in [3.05, 3.63) is 52.0 Å². The maximum absolute atomic E-state index is 12.7. The number of carbonyl (C=O) groups excluding carboxylic acids is 1. The molecule has 1 amide bonds. The topological polar surface area (TPSA) is 136 Å². The number of hydrogen-bond acceptors (Lipinski definition) is 10. The molecule has 3 aromatic rings. The Bertz CT molecular complexity index is 1390. The van der Waals surface area contributed by atoms with Gasteiger partial charge in [0.25, 0.3) is 6.29 Å². The standard InChI is InChI=1S/C27H33BrN6O5S/c1-27(2,3)39-26(35)32-19(16-9-12-36-13-10-16)8-11-34-23-21(22(29)30-15-31-23)33-25(34)40-20-14-37-24(38-20)17-6-4-5-7-18(17)28/h4-7,14-16,19,24H,8-13H2,1-3H3,(H,32,35)(H2,29,30,31). The van der Waals surface area contributed by atoms with Gasteiger partial charge in [-0.1, -0.05) is 34.1 Å². The van der Waals surface area contributed by atoms with E-state index in [1.165, 1.54) is 18.1 Å². The molecule has 5 rings (SSSR count). The Morgan fingerprint density at radius 1 is 1.27 bits per heavy atom. The minimum absolute atomic E-state index is 0.127. The number of aromatic nitrogens is 4. The molecule has 11 nitrogen and oxygen atoms in total. The van der Waals surface area contributed by atoms with Crippen LogP contribution < -0.4 is 11.1 Å². The Hall–Kier alpha value is -3.03. The van der Waals surface area contributed by atoms with E-state index in [4.69, 9.17) is 29.7 Å². The number of ether oxygens (including phenoxy) is 4. The van der Waals surface area contributed by atoms with Gasteiger partial charge in [0.05, 0.1) is 0 Å². The van der Waals surface area contributed by atoms with Crippen LogP contribution in [-0.2, 0) is 25.5 Å². The fourth-order valence-electron chi connectivity index (χ4n) is 4.70. The summed E-state index contributed by atoms with van der Waals surface area (Å²) in [4.78, 5) is 26.1. The lowest BCUT2D eigenvalue weighted by atomic mass is 9.89. The summed E-state index contributed by atoms with van der Waals surface area (Å²) in [6, 6.07) is 7.62. The molecule has 2 atom stereocenters. The molecule has 40 heavy (non-hydrogen) atoms. The maximum atomic E-state index is 12.7. The number of benzene rings is 1. The van der Waals surface area contributed by atoms with Crippen LogP contribution in [-0.4, -0.2) is 50.5 Å². The van der Waals surface area contributed by atoms with E-state index < -0.39 is 18.0 Å². The minimum atomic E-state index is -0.590. The van der Waals surface area contributed by atoms with Gasteiger partial charge in [-0.2, -0.15) is 0 Å². The molecule has 1 fully saturated rings. The average molecular weight is 634 g/mol. The Morgan fingerprint density at radius 3 is 2.80 bits per heavy atom. The zero-order chi connectivity index (χ0) is 28.3. The lowest BCUT2D eigenvalue weighted by molar-refractivity contribution is -0.0279. The number of anilines is 1. The minimum Gasteiger partial charge on any atom is -0.454 e. The summed E-state index contributed by atoms with van der Waals surface area (Å²) >= 11 is 4.87. The molecule has 0 spiro atoms. The van der Waals surface area contributed by atoms with Gasteiger partial charge in [0, 0.05) is 35.8 Å². The first-order chi connectivity index (χ1) is 19.2. The monoisotopic (exact) mass is 632 g/mol. The number of amides is 1. The Morgan fingerprint density at radius 2 is 2.05 bits per heavy atom. The molecule has 2 aromatic heterocycles. The molecule has 2 aliphatic rings. The molecule has 1 saturated heterocycles. The van der Waals surface area contributed by atoms with Gasteiger partial charge >= 0.3 is 6.09 Å². The number of imidazole rings is 1. The van der Waals surface area contributed by atoms with E-state index in [2.05, 4.69) is 31.2 Å². The van der Waals surface area contributed by atoms with Crippen LogP contribution in [0, 0.1) is 5.92 Å². The van der Waals surface area contributed by atoms with Crippen LogP contribution >= 0.6 is 27.7 Å². The van der Waals surface area contributed by atoms with Crippen molar-refractivity contribution in [2.24, 2.45) is 5.92 Å². The maximum Gasteiger partial charge on any atom is 0.407 e. The smallest absolute Gasteiger partial charge is 0.407 e. The van der Waals surface area contributed by atoms with Gasteiger partial charge in [0.15, 0.2) is 22.1 Å². The summed E-state index contributed by atoms with van der Waals surface area (Å²) in [5.74, 6) is 0.549. The number of alkyl carbamates (subject to hydrolysis) is 1. The molecular formula is C27H33BrN6O5S. The number of aryl methyl sites for hydroxylation is 1. The van der Waals surface area contributed by atoms with E-state index in [1.807, 2.05) is 49.6 Å². The summed E-state index contributed by atoms with van der Waals surface area (Å²) in [5, 5.41) is 4.30. The van der Waals surface area contributed by atoms with E-state index in [1.54, 1.807) is 6.26 Å². The third-order valence-corrected chi connectivity index (χ3v) is 8.20. The van der Waals surface area contributed by atoms with E-state index in [9.17, 15) is 4.79 Å². The molecule has 0 aliphatic carbocycles. The zero-order valence-corrected chi connectivity index (χ0v) is 25.0. The number of fused-ring (bicyclic) bond motifs is 1. The second kappa shape index (κ2) is 12.2. The van der Waals surface area contributed by atoms with Crippen molar-refractivity contribution in [3.63, 3.8) is 0 Å². The van der Waals surface area contributed by atoms with E-state index >= 15 is 0 Å². The van der Waals surface area contributed by atoms with Crippen molar-refractivity contribution in [2.45, 2.75) is 69.7 Å². The zero-order valence-electron chi connectivity index (χ0n) is 22.6. The highest BCUT2D eigenvalue weighted by Gasteiger charge is 2.30. The highest BCUT2D eigenvalue weighted by Crippen LogP contribution is 2.40. The first-order valence-electron chi connectivity index (χ1n) is 13.2. The molecule has 13 heteroatoms. The predicted molar refractivity (Wildman–Crippen MR) is 154 cm³/mol. The quantitative estimate of drug-likeness (QED) is 0.327. The van der Waals surface area contributed by atoms with Crippen molar-refractivity contribution >= 4 is 50.8 Å². The van der Waals surface area contributed by atoms with Crippen molar-refractivity contribution < 1.29 is 23.7 Å². The van der Waals surface area contributed by atoms with E-state index in [-0.39, 0.29) is 12.0 Å². The number of halogens is 1. The first kappa shape index (κ1) is 28.5. The molecule has 0 radical (unpaired) electrons. The van der Waals surface area contributed by atoms with Crippen molar-refractivity contribution in [2.75, 3.05) is 18.9 Å². The Labute approximate surface area is 245 Å². The molecule has 0 saturated carbocycles. The van der Waals surface area contributed by atoms with Crippen LogP contribution in [0.5, 0.6) is 0 Å². The number of nitrogens with one attached hydrogen (secondary N) is 1. The molecule has 4 heterocycles. The molecule has 3 N–H and O–H groups in total. The lowest BCUT2D eigenvalue weighted by Gasteiger charge is -2.32. The number of rotatable bonds is 8. The number of thioether (sulfide) groups is 1. The molecule has 214 valence electrons. The van der Waals surface area contributed by atoms with Crippen LogP contribution in [0.2, 0.25) is 0 Å². The van der Waals surface area contributed by atoms with Crippen molar-refractivity contribution in [3.8, 4) is 0 Å². The largest absolute Gasteiger partial charge is 0.454 e. The molecule has 1 aromatic carbocycles. The van der Waals surface area contributed by atoms with Gasteiger partial charge in [-0.15, -0.1) is 0 Å². The van der Waals surface area contributed by atoms with Gasteiger partial charge in [-0.3, -0.25) is 0 Å². The number of nitrogen functional groups attached to an aromatic ring is 1. The van der Waals surface area contributed by atoms with Crippen LogP contribution in [0.3, 0.4) is 0 Å². The second-order valence-corrected chi connectivity index (χ2v) is 12.4.